The molecule has 0 radical (unpaired) electrons. The number of likely N-dealkylation sites (N-methyl/N-ethyl adjacent to an activating group) is 2. The number of piperidine rings is 1. The fourth-order valence-corrected chi connectivity index (χ4v) is 3.14. The van der Waals surface area contributed by atoms with E-state index in [1.807, 2.05) is 20.0 Å². The van der Waals surface area contributed by atoms with Crippen LogP contribution in [0.15, 0.2) is 12.1 Å². The van der Waals surface area contributed by atoms with Gasteiger partial charge in [0.25, 0.3) is 0 Å². The van der Waals surface area contributed by atoms with Gasteiger partial charge in [-0.1, -0.05) is 0 Å². The predicted octanol–water partition coefficient (Wildman–Crippen LogP) is 2.94. The smallest absolute Gasteiger partial charge is 0.126 e. The Hall–Kier alpha value is -1.13. The monoisotopic (exact) mass is 293 g/mol. The van der Waals surface area contributed by atoms with Crippen LogP contribution in [0.25, 0.3) is 0 Å². The van der Waals surface area contributed by atoms with Crippen LogP contribution in [0.1, 0.15) is 36.9 Å². The number of aryl methyl sites for hydroxylation is 1. The maximum Gasteiger partial charge on any atom is 0.126 e. The Morgan fingerprint density at radius 2 is 2.14 bits per heavy atom. The summed E-state index contributed by atoms with van der Waals surface area (Å²) in [4.78, 5) is 4.72. The second kappa shape index (κ2) is 6.75. The largest absolute Gasteiger partial charge is 0.370 e. The van der Waals surface area contributed by atoms with Crippen LogP contribution in [0.4, 0.5) is 10.1 Å². The van der Waals surface area contributed by atoms with Gasteiger partial charge in [0.05, 0.1) is 0 Å². The van der Waals surface area contributed by atoms with E-state index < -0.39 is 0 Å². The summed E-state index contributed by atoms with van der Waals surface area (Å²) < 4.78 is 14.0. The van der Waals surface area contributed by atoms with Gasteiger partial charge < -0.3 is 15.1 Å². The van der Waals surface area contributed by atoms with Crippen molar-refractivity contribution in [3.05, 3.63) is 29.1 Å². The molecule has 0 spiro atoms. The molecule has 3 nitrogen and oxygen atoms in total. The highest BCUT2D eigenvalue weighted by molar-refractivity contribution is 5.57. The standard InChI is InChI=1S/C17H28FN3/c1-12-9-17(15(10-16(12)18)13(2)19-3)21(5)14-7-6-8-20(4)11-14/h9-10,13-14,19H,6-8,11H2,1-5H3. The van der Waals surface area contributed by atoms with Gasteiger partial charge in [-0.25, -0.2) is 4.39 Å². The summed E-state index contributed by atoms with van der Waals surface area (Å²) in [7, 11) is 6.23. The van der Waals surface area contributed by atoms with E-state index in [0.717, 1.165) is 17.8 Å². The zero-order valence-corrected chi connectivity index (χ0v) is 13.9. The molecule has 118 valence electrons. The van der Waals surface area contributed by atoms with E-state index in [0.29, 0.717) is 11.6 Å². The van der Waals surface area contributed by atoms with Gasteiger partial charge in [0.1, 0.15) is 5.82 Å². The highest BCUT2D eigenvalue weighted by Crippen LogP contribution is 2.31. The fourth-order valence-electron chi connectivity index (χ4n) is 3.14. The summed E-state index contributed by atoms with van der Waals surface area (Å²) in [5, 5.41) is 3.23. The van der Waals surface area contributed by atoms with E-state index in [1.165, 1.54) is 19.4 Å². The van der Waals surface area contributed by atoms with E-state index in [4.69, 9.17) is 0 Å². The van der Waals surface area contributed by atoms with Crippen LogP contribution < -0.4 is 10.2 Å². The van der Waals surface area contributed by atoms with E-state index >= 15 is 0 Å². The van der Waals surface area contributed by atoms with E-state index in [2.05, 4.69) is 36.1 Å². The average molecular weight is 293 g/mol. The number of anilines is 1. The Kier molecular flexibility index (Phi) is 5.22. The van der Waals surface area contributed by atoms with Crippen molar-refractivity contribution in [1.82, 2.24) is 10.2 Å². The van der Waals surface area contributed by atoms with Crippen molar-refractivity contribution in [2.75, 3.05) is 39.1 Å². The minimum atomic E-state index is -0.120. The van der Waals surface area contributed by atoms with Gasteiger partial charge >= 0.3 is 0 Å². The maximum atomic E-state index is 14.0. The molecule has 0 amide bonds. The van der Waals surface area contributed by atoms with Crippen LogP contribution in [-0.2, 0) is 0 Å². The van der Waals surface area contributed by atoms with Crippen LogP contribution in [-0.4, -0.2) is 45.2 Å². The van der Waals surface area contributed by atoms with Crippen LogP contribution in [0.2, 0.25) is 0 Å². The summed E-state index contributed by atoms with van der Waals surface area (Å²) >= 11 is 0. The van der Waals surface area contributed by atoms with Crippen molar-refractivity contribution >= 4 is 5.69 Å². The zero-order chi connectivity index (χ0) is 15.6. The number of benzene rings is 1. The molecule has 2 rings (SSSR count). The Bertz CT molecular complexity index is 489. The van der Waals surface area contributed by atoms with Crippen molar-refractivity contribution in [3.63, 3.8) is 0 Å². The normalized spacial score (nSPS) is 21.3. The molecule has 2 unspecified atom stereocenters. The minimum absolute atomic E-state index is 0.120. The number of likely N-dealkylation sites (tertiary alicyclic amines) is 1. The number of nitrogens with one attached hydrogen (secondary N) is 1. The molecular weight excluding hydrogens is 265 g/mol. The Balaban J connectivity index is 2.34. The molecule has 0 aromatic heterocycles. The number of nitrogens with zero attached hydrogens (tertiary/aromatic N) is 2. The molecule has 1 aromatic rings. The van der Waals surface area contributed by atoms with Crippen LogP contribution >= 0.6 is 0 Å². The molecule has 1 aliphatic heterocycles. The fraction of sp³-hybridized carbons (Fsp3) is 0.647. The summed E-state index contributed by atoms with van der Waals surface area (Å²) in [6.45, 7) is 6.16. The third-order valence-electron chi connectivity index (χ3n) is 4.73. The lowest BCUT2D eigenvalue weighted by Gasteiger charge is -2.38. The molecule has 1 N–H and O–H groups in total. The summed E-state index contributed by atoms with van der Waals surface area (Å²) in [6, 6.07) is 4.32. The quantitative estimate of drug-likeness (QED) is 0.921. The lowest BCUT2D eigenvalue weighted by Crippen LogP contribution is -2.45. The van der Waals surface area contributed by atoms with Crippen molar-refractivity contribution in [1.29, 1.82) is 0 Å². The van der Waals surface area contributed by atoms with E-state index in [-0.39, 0.29) is 11.9 Å². The van der Waals surface area contributed by atoms with Gasteiger partial charge in [0.2, 0.25) is 0 Å². The number of hydrogen-bond donors (Lipinski definition) is 1. The molecule has 0 saturated carbocycles. The molecule has 21 heavy (non-hydrogen) atoms. The Labute approximate surface area is 128 Å². The van der Waals surface area contributed by atoms with Crippen LogP contribution in [0.3, 0.4) is 0 Å². The van der Waals surface area contributed by atoms with Crippen LogP contribution in [0.5, 0.6) is 0 Å². The predicted molar refractivity (Wildman–Crippen MR) is 87.5 cm³/mol. The minimum Gasteiger partial charge on any atom is -0.370 e. The molecule has 1 fully saturated rings. The molecule has 1 heterocycles. The highest BCUT2D eigenvalue weighted by atomic mass is 19.1. The van der Waals surface area contributed by atoms with Crippen molar-refractivity contribution in [2.24, 2.45) is 0 Å². The number of rotatable bonds is 4. The van der Waals surface area contributed by atoms with Crippen molar-refractivity contribution < 1.29 is 4.39 Å². The Morgan fingerprint density at radius 1 is 1.43 bits per heavy atom. The summed E-state index contributed by atoms with van der Waals surface area (Å²) in [5.41, 5.74) is 2.90. The number of halogens is 1. The maximum absolute atomic E-state index is 14.0. The molecule has 1 aromatic carbocycles. The molecule has 2 atom stereocenters. The first-order valence-corrected chi connectivity index (χ1v) is 7.82. The average Bonchev–Trinajstić information content (AvgIpc) is 2.48. The zero-order valence-electron chi connectivity index (χ0n) is 13.9. The van der Waals surface area contributed by atoms with E-state index in [9.17, 15) is 4.39 Å². The third kappa shape index (κ3) is 3.55. The van der Waals surface area contributed by atoms with Gasteiger partial charge in [0.15, 0.2) is 0 Å². The van der Waals surface area contributed by atoms with Gasteiger partial charge in [-0.15, -0.1) is 0 Å². The van der Waals surface area contributed by atoms with Crippen molar-refractivity contribution in [2.45, 2.75) is 38.8 Å². The summed E-state index contributed by atoms with van der Waals surface area (Å²) in [6.07, 6.45) is 2.42. The number of hydrogen-bond acceptors (Lipinski definition) is 3. The van der Waals surface area contributed by atoms with Gasteiger partial charge in [-0.3, -0.25) is 0 Å². The van der Waals surface area contributed by atoms with Gasteiger partial charge in [0, 0.05) is 31.4 Å². The first-order chi connectivity index (χ1) is 9.93. The van der Waals surface area contributed by atoms with Crippen molar-refractivity contribution in [3.8, 4) is 0 Å². The molecule has 0 bridgehead atoms. The summed E-state index contributed by atoms with van der Waals surface area (Å²) in [5.74, 6) is -0.120. The van der Waals surface area contributed by atoms with Gasteiger partial charge in [-0.2, -0.15) is 0 Å². The first-order valence-electron chi connectivity index (χ1n) is 7.82. The SMILES string of the molecule is CNC(C)c1cc(F)c(C)cc1N(C)C1CCCN(C)C1. The Morgan fingerprint density at radius 3 is 2.76 bits per heavy atom. The van der Waals surface area contributed by atoms with Crippen LogP contribution in [0, 0.1) is 12.7 Å². The second-order valence-corrected chi connectivity index (χ2v) is 6.34. The second-order valence-electron chi connectivity index (χ2n) is 6.34. The molecule has 1 saturated heterocycles. The topological polar surface area (TPSA) is 18.5 Å². The highest BCUT2D eigenvalue weighted by Gasteiger charge is 2.24. The lowest BCUT2D eigenvalue weighted by molar-refractivity contribution is 0.247. The lowest BCUT2D eigenvalue weighted by atomic mass is 9.99. The third-order valence-corrected chi connectivity index (χ3v) is 4.73. The molecule has 0 aliphatic carbocycles. The molecule has 4 heteroatoms. The first kappa shape index (κ1) is 16.2. The molecular formula is C17H28FN3. The molecule has 1 aliphatic rings. The van der Waals surface area contributed by atoms with Gasteiger partial charge in [-0.05, 0) is 70.6 Å². The van der Waals surface area contributed by atoms with E-state index in [1.54, 1.807) is 6.07 Å².